The van der Waals surface area contributed by atoms with E-state index in [-0.39, 0.29) is 60.4 Å². The molecule has 0 radical (unpaired) electrons. The smallest absolute Gasteiger partial charge is 0.274 e. The lowest BCUT2D eigenvalue weighted by atomic mass is 9.87. The average Bonchev–Trinajstić information content (AvgIpc) is 3.09. The Bertz CT molecular complexity index is 1280. The minimum Gasteiger partial charge on any atom is -0.320 e. The van der Waals surface area contributed by atoms with Crippen LogP contribution in [0, 0.1) is 11.7 Å². The quantitative estimate of drug-likeness (QED) is 0.597. The van der Waals surface area contributed by atoms with Crippen LogP contribution >= 0.6 is 0 Å². The normalized spacial score (nSPS) is 16.9. The lowest BCUT2D eigenvalue weighted by molar-refractivity contribution is -0.0476. The number of alkyl halides is 2. The number of sulfonamides is 1. The van der Waals surface area contributed by atoms with E-state index in [1.165, 1.54) is 35.1 Å². The van der Waals surface area contributed by atoms with Gasteiger partial charge in [0.05, 0.1) is 0 Å². The van der Waals surface area contributed by atoms with E-state index < -0.39 is 32.7 Å². The van der Waals surface area contributed by atoms with Crippen molar-refractivity contribution in [2.24, 2.45) is 11.1 Å². The lowest BCUT2D eigenvalue weighted by Crippen LogP contribution is -2.28. The van der Waals surface area contributed by atoms with E-state index in [4.69, 9.17) is 5.14 Å². The molecule has 1 aliphatic rings. The Morgan fingerprint density at radius 2 is 1.97 bits per heavy atom. The third-order valence-electron chi connectivity index (χ3n) is 5.49. The number of hydrogen-bond acceptors (Lipinski definition) is 5. The number of carbonyl (C=O) groups is 1. The average molecular weight is 467 g/mol. The van der Waals surface area contributed by atoms with Crippen LogP contribution in [0.1, 0.15) is 36.2 Å². The predicted octanol–water partition coefficient (Wildman–Crippen LogP) is 3.30. The van der Waals surface area contributed by atoms with Crippen LogP contribution in [-0.4, -0.2) is 35.0 Å². The number of benzene rings is 1. The molecule has 1 fully saturated rings. The van der Waals surface area contributed by atoms with Crippen molar-refractivity contribution < 1.29 is 26.4 Å². The number of aromatic nitrogens is 3. The Labute approximate surface area is 181 Å². The van der Waals surface area contributed by atoms with E-state index in [9.17, 15) is 26.4 Å². The van der Waals surface area contributed by atoms with Gasteiger partial charge in [-0.15, -0.1) is 0 Å². The van der Waals surface area contributed by atoms with E-state index >= 15 is 0 Å². The first kappa shape index (κ1) is 22.2. The molecular formula is C20H20F3N5O3S. The highest BCUT2D eigenvalue weighted by Gasteiger charge is 2.35. The molecule has 0 atom stereocenters. The van der Waals surface area contributed by atoms with E-state index in [1.54, 1.807) is 0 Å². The van der Waals surface area contributed by atoms with Gasteiger partial charge >= 0.3 is 0 Å². The SMILES string of the molecule is NS(=O)(=O)c1cc(NC(=O)c2c3cccc(F)c3nn2CC2CCC(F)(F)CC2)ccn1. The fourth-order valence-electron chi connectivity index (χ4n) is 3.85. The van der Waals surface area contributed by atoms with Crippen LogP contribution in [0.15, 0.2) is 41.6 Å². The third kappa shape index (κ3) is 4.60. The molecule has 3 aromatic rings. The highest BCUT2D eigenvalue weighted by Crippen LogP contribution is 2.37. The third-order valence-corrected chi connectivity index (χ3v) is 6.29. The maximum Gasteiger partial charge on any atom is 0.274 e. The van der Waals surface area contributed by atoms with Crippen LogP contribution in [0.3, 0.4) is 0 Å². The maximum absolute atomic E-state index is 14.3. The molecule has 170 valence electrons. The van der Waals surface area contributed by atoms with Gasteiger partial charge in [-0.2, -0.15) is 5.10 Å². The summed E-state index contributed by atoms with van der Waals surface area (Å²) in [5, 5.41) is 11.7. The number of nitrogens with zero attached hydrogens (tertiary/aromatic N) is 3. The molecular weight excluding hydrogens is 447 g/mol. The summed E-state index contributed by atoms with van der Waals surface area (Å²) in [5.74, 6) is -4.12. The lowest BCUT2D eigenvalue weighted by Gasteiger charge is -2.28. The van der Waals surface area contributed by atoms with Gasteiger partial charge in [0.2, 0.25) is 5.92 Å². The van der Waals surface area contributed by atoms with Crippen molar-refractivity contribution in [2.45, 2.75) is 43.2 Å². The second-order valence-electron chi connectivity index (χ2n) is 7.85. The molecule has 0 bridgehead atoms. The fraction of sp³-hybridized carbons (Fsp3) is 0.350. The molecule has 0 unspecified atom stereocenters. The van der Waals surface area contributed by atoms with Gasteiger partial charge in [0.1, 0.15) is 11.2 Å². The monoisotopic (exact) mass is 467 g/mol. The van der Waals surface area contributed by atoms with Crippen LogP contribution < -0.4 is 10.5 Å². The van der Waals surface area contributed by atoms with Gasteiger partial charge in [0.15, 0.2) is 10.8 Å². The topological polar surface area (TPSA) is 120 Å². The molecule has 3 N–H and O–H groups in total. The summed E-state index contributed by atoms with van der Waals surface area (Å²) in [6.45, 7) is 0.172. The van der Waals surface area contributed by atoms with Gasteiger partial charge in [-0.25, -0.2) is 31.7 Å². The molecule has 2 aromatic heterocycles. The molecule has 1 amide bonds. The summed E-state index contributed by atoms with van der Waals surface area (Å²) in [6.07, 6.45) is 1.19. The van der Waals surface area contributed by atoms with Gasteiger partial charge in [-0.1, -0.05) is 12.1 Å². The minimum atomic E-state index is -4.08. The molecule has 0 saturated heterocycles. The first-order chi connectivity index (χ1) is 15.0. The Morgan fingerprint density at radius 1 is 1.25 bits per heavy atom. The van der Waals surface area contributed by atoms with Gasteiger partial charge in [-0.05, 0) is 30.9 Å². The Kier molecular flexibility index (Phi) is 5.67. The molecule has 12 heteroatoms. The van der Waals surface area contributed by atoms with Crippen molar-refractivity contribution in [1.82, 2.24) is 14.8 Å². The minimum absolute atomic E-state index is 0.0151. The first-order valence-corrected chi connectivity index (χ1v) is 11.4. The number of nitrogens with one attached hydrogen (secondary N) is 1. The van der Waals surface area contributed by atoms with Gasteiger partial charge in [-0.3, -0.25) is 9.48 Å². The first-order valence-electron chi connectivity index (χ1n) is 9.86. The number of carbonyl (C=O) groups excluding carboxylic acids is 1. The number of anilines is 1. The van der Waals surface area contributed by atoms with Gasteiger partial charge in [0.25, 0.3) is 15.9 Å². The number of pyridine rings is 1. The van der Waals surface area contributed by atoms with Crippen molar-refractivity contribution in [3.63, 3.8) is 0 Å². The zero-order chi connectivity index (χ0) is 23.1. The molecule has 1 saturated carbocycles. The summed E-state index contributed by atoms with van der Waals surface area (Å²) in [6, 6.07) is 6.66. The molecule has 2 heterocycles. The molecule has 0 aliphatic heterocycles. The number of hydrogen-bond donors (Lipinski definition) is 2. The van der Waals surface area contributed by atoms with Crippen LogP contribution in [0.4, 0.5) is 18.9 Å². The van der Waals surface area contributed by atoms with Gasteiger partial charge < -0.3 is 5.32 Å². The van der Waals surface area contributed by atoms with Crippen LogP contribution in [-0.2, 0) is 16.6 Å². The Hall–Kier alpha value is -2.99. The summed E-state index contributed by atoms with van der Waals surface area (Å²) in [4.78, 5) is 16.8. The van der Waals surface area contributed by atoms with Crippen molar-refractivity contribution in [2.75, 3.05) is 5.32 Å². The van der Waals surface area contributed by atoms with E-state index in [0.29, 0.717) is 0 Å². The Balaban J connectivity index is 1.67. The van der Waals surface area contributed by atoms with E-state index in [2.05, 4.69) is 15.4 Å². The van der Waals surface area contributed by atoms with Crippen molar-refractivity contribution in [3.05, 3.63) is 48.0 Å². The number of rotatable bonds is 5. The van der Waals surface area contributed by atoms with Crippen molar-refractivity contribution in [1.29, 1.82) is 0 Å². The Morgan fingerprint density at radius 3 is 2.66 bits per heavy atom. The highest BCUT2D eigenvalue weighted by molar-refractivity contribution is 7.89. The van der Waals surface area contributed by atoms with Crippen LogP contribution in [0.25, 0.3) is 10.9 Å². The zero-order valence-corrected chi connectivity index (χ0v) is 17.6. The number of amides is 1. The van der Waals surface area contributed by atoms with Crippen LogP contribution in [0.5, 0.6) is 0 Å². The van der Waals surface area contributed by atoms with Crippen molar-refractivity contribution >= 4 is 32.5 Å². The molecule has 32 heavy (non-hydrogen) atoms. The number of halogens is 3. The number of primary sulfonamides is 1. The maximum atomic E-state index is 14.3. The largest absolute Gasteiger partial charge is 0.320 e. The summed E-state index contributed by atoms with van der Waals surface area (Å²) in [5.41, 5.74) is 0.146. The molecule has 8 nitrogen and oxygen atoms in total. The number of nitrogens with two attached hydrogens (primary N) is 1. The standard InChI is InChI=1S/C20H20F3N5O3S/c21-15-3-1-2-14-17(15)27-28(11-12-4-7-20(22,23)8-5-12)18(14)19(29)26-13-6-9-25-16(10-13)32(24,30)31/h1-3,6,9-10,12H,4-5,7-8,11H2,(H2,24,30,31)(H,25,26,29). The van der Waals surface area contributed by atoms with Crippen molar-refractivity contribution in [3.8, 4) is 0 Å². The van der Waals surface area contributed by atoms with Gasteiger partial charge in [0, 0.05) is 42.7 Å². The zero-order valence-electron chi connectivity index (χ0n) is 16.8. The second kappa shape index (κ2) is 8.17. The molecule has 1 aromatic carbocycles. The van der Waals surface area contributed by atoms with E-state index in [0.717, 1.165) is 6.07 Å². The second-order valence-corrected chi connectivity index (χ2v) is 9.36. The number of fused-ring (bicyclic) bond motifs is 1. The summed E-state index contributed by atoms with van der Waals surface area (Å²) < 4.78 is 65.7. The highest BCUT2D eigenvalue weighted by atomic mass is 32.2. The summed E-state index contributed by atoms with van der Waals surface area (Å²) >= 11 is 0. The molecule has 1 aliphatic carbocycles. The van der Waals surface area contributed by atoms with E-state index in [1.807, 2.05) is 0 Å². The molecule has 0 spiro atoms. The fourth-order valence-corrected chi connectivity index (χ4v) is 4.35. The molecule has 4 rings (SSSR count). The van der Waals surface area contributed by atoms with Crippen LogP contribution in [0.2, 0.25) is 0 Å². The summed E-state index contributed by atoms with van der Waals surface area (Å²) in [7, 11) is -4.08. The predicted molar refractivity (Wildman–Crippen MR) is 110 cm³/mol.